The standard InChI is InChI=1S/C15H19F3N2O/c1-14(19-2)7-9-20(10-8-14)13(21)11-5-3-4-6-12(11)15(16,17)18/h3-6,19H,7-10H2,1-2H3. The Balaban J connectivity index is 2.19. The molecule has 2 rings (SSSR count). The molecule has 0 aromatic heterocycles. The molecular weight excluding hydrogens is 281 g/mol. The molecule has 0 spiro atoms. The van der Waals surface area contributed by atoms with Crippen molar-refractivity contribution >= 4 is 5.91 Å². The highest BCUT2D eigenvalue weighted by Gasteiger charge is 2.37. The van der Waals surface area contributed by atoms with Crippen molar-refractivity contribution in [2.24, 2.45) is 0 Å². The molecule has 1 aromatic carbocycles. The van der Waals surface area contributed by atoms with E-state index in [-0.39, 0.29) is 11.1 Å². The van der Waals surface area contributed by atoms with Gasteiger partial charge in [0.2, 0.25) is 0 Å². The highest BCUT2D eigenvalue weighted by atomic mass is 19.4. The molecular formula is C15H19F3N2O. The van der Waals surface area contributed by atoms with E-state index in [0.29, 0.717) is 13.1 Å². The third-order valence-corrected chi connectivity index (χ3v) is 4.22. The first-order valence-electron chi connectivity index (χ1n) is 6.91. The van der Waals surface area contributed by atoms with Crippen LogP contribution in [0.4, 0.5) is 13.2 Å². The van der Waals surface area contributed by atoms with E-state index in [1.54, 1.807) is 0 Å². The van der Waals surface area contributed by atoms with E-state index < -0.39 is 17.6 Å². The predicted octanol–water partition coefficient (Wildman–Crippen LogP) is 2.92. The number of carbonyl (C=O) groups is 1. The monoisotopic (exact) mass is 300 g/mol. The number of amides is 1. The average molecular weight is 300 g/mol. The molecule has 0 atom stereocenters. The quantitative estimate of drug-likeness (QED) is 0.911. The number of nitrogens with zero attached hydrogens (tertiary/aromatic N) is 1. The maximum absolute atomic E-state index is 13.0. The zero-order valence-electron chi connectivity index (χ0n) is 12.1. The van der Waals surface area contributed by atoms with Gasteiger partial charge in [-0.2, -0.15) is 13.2 Å². The Labute approximate surface area is 122 Å². The average Bonchev–Trinajstić information content (AvgIpc) is 2.46. The molecule has 1 amide bonds. The first-order chi connectivity index (χ1) is 9.77. The van der Waals surface area contributed by atoms with Crippen LogP contribution in [-0.4, -0.2) is 36.5 Å². The number of likely N-dealkylation sites (tertiary alicyclic amines) is 1. The van der Waals surface area contributed by atoms with Crippen LogP contribution in [0, 0.1) is 0 Å². The molecule has 1 fully saturated rings. The van der Waals surface area contributed by atoms with Crippen LogP contribution in [0.2, 0.25) is 0 Å². The predicted molar refractivity (Wildman–Crippen MR) is 74.0 cm³/mol. The first-order valence-corrected chi connectivity index (χ1v) is 6.91. The van der Waals surface area contributed by atoms with Crippen LogP contribution < -0.4 is 5.32 Å². The van der Waals surface area contributed by atoms with Crippen LogP contribution in [0.3, 0.4) is 0 Å². The number of rotatable bonds is 2. The Morgan fingerprint density at radius 2 is 1.81 bits per heavy atom. The molecule has 0 radical (unpaired) electrons. The lowest BCUT2D eigenvalue weighted by Gasteiger charge is -2.39. The summed E-state index contributed by atoms with van der Waals surface area (Å²) in [4.78, 5) is 13.9. The van der Waals surface area contributed by atoms with Crippen LogP contribution in [0.25, 0.3) is 0 Å². The molecule has 0 bridgehead atoms. The molecule has 3 nitrogen and oxygen atoms in total. The number of carbonyl (C=O) groups excluding carboxylic acids is 1. The number of halogens is 3. The van der Waals surface area contributed by atoms with Gasteiger partial charge in [-0.25, -0.2) is 0 Å². The lowest BCUT2D eigenvalue weighted by atomic mass is 9.89. The molecule has 0 unspecified atom stereocenters. The zero-order chi connectivity index (χ0) is 15.7. The van der Waals surface area contributed by atoms with Gasteiger partial charge in [0.05, 0.1) is 11.1 Å². The molecule has 0 saturated carbocycles. The Morgan fingerprint density at radius 1 is 1.24 bits per heavy atom. The summed E-state index contributed by atoms with van der Waals surface area (Å²) in [6.07, 6.45) is -3.06. The Kier molecular flexibility index (Phi) is 4.27. The second kappa shape index (κ2) is 5.67. The van der Waals surface area contributed by atoms with E-state index >= 15 is 0 Å². The second-order valence-electron chi connectivity index (χ2n) is 5.65. The Bertz CT molecular complexity index is 520. The number of hydrogen-bond donors (Lipinski definition) is 1. The summed E-state index contributed by atoms with van der Waals surface area (Å²) >= 11 is 0. The fraction of sp³-hybridized carbons (Fsp3) is 0.533. The van der Waals surface area contributed by atoms with E-state index in [4.69, 9.17) is 0 Å². The largest absolute Gasteiger partial charge is 0.417 e. The van der Waals surface area contributed by atoms with Crippen LogP contribution in [0.5, 0.6) is 0 Å². The van der Waals surface area contributed by atoms with E-state index in [1.165, 1.54) is 23.1 Å². The van der Waals surface area contributed by atoms with Crippen LogP contribution >= 0.6 is 0 Å². The van der Waals surface area contributed by atoms with Crippen molar-refractivity contribution in [3.8, 4) is 0 Å². The molecule has 6 heteroatoms. The van der Waals surface area contributed by atoms with E-state index in [0.717, 1.165) is 18.9 Å². The second-order valence-corrected chi connectivity index (χ2v) is 5.65. The van der Waals surface area contributed by atoms with Crippen molar-refractivity contribution in [3.05, 3.63) is 35.4 Å². The maximum Gasteiger partial charge on any atom is 0.417 e. The fourth-order valence-electron chi connectivity index (χ4n) is 2.54. The van der Waals surface area contributed by atoms with Crippen molar-refractivity contribution in [2.75, 3.05) is 20.1 Å². The molecule has 116 valence electrons. The molecule has 1 aliphatic heterocycles. The zero-order valence-corrected chi connectivity index (χ0v) is 12.1. The van der Waals surface area contributed by atoms with Crippen molar-refractivity contribution in [3.63, 3.8) is 0 Å². The van der Waals surface area contributed by atoms with Gasteiger partial charge in [0, 0.05) is 18.6 Å². The van der Waals surface area contributed by atoms with Gasteiger partial charge in [0.1, 0.15) is 0 Å². The maximum atomic E-state index is 13.0. The van der Waals surface area contributed by atoms with Crippen molar-refractivity contribution in [1.82, 2.24) is 10.2 Å². The molecule has 21 heavy (non-hydrogen) atoms. The van der Waals surface area contributed by atoms with Crippen molar-refractivity contribution < 1.29 is 18.0 Å². The molecule has 0 aliphatic carbocycles. The summed E-state index contributed by atoms with van der Waals surface area (Å²) in [5.74, 6) is -0.541. The van der Waals surface area contributed by atoms with Gasteiger partial charge < -0.3 is 10.2 Å². The number of nitrogens with one attached hydrogen (secondary N) is 1. The van der Waals surface area contributed by atoms with Gasteiger partial charge >= 0.3 is 6.18 Å². The summed E-state index contributed by atoms with van der Waals surface area (Å²) in [6.45, 7) is 2.98. The summed E-state index contributed by atoms with van der Waals surface area (Å²) in [6, 6.07) is 4.96. The lowest BCUT2D eigenvalue weighted by Crippen LogP contribution is -2.51. The van der Waals surface area contributed by atoms with Crippen molar-refractivity contribution in [1.29, 1.82) is 0 Å². The van der Waals surface area contributed by atoms with E-state index in [9.17, 15) is 18.0 Å². The van der Waals surface area contributed by atoms with Gasteiger partial charge in [0.15, 0.2) is 0 Å². The van der Waals surface area contributed by atoms with Crippen molar-refractivity contribution in [2.45, 2.75) is 31.5 Å². The topological polar surface area (TPSA) is 32.3 Å². The molecule has 1 heterocycles. The highest BCUT2D eigenvalue weighted by molar-refractivity contribution is 5.96. The molecule has 1 aromatic rings. The van der Waals surface area contributed by atoms with Gasteiger partial charge in [-0.05, 0) is 38.9 Å². The SMILES string of the molecule is CNC1(C)CCN(C(=O)c2ccccc2C(F)(F)F)CC1. The summed E-state index contributed by atoms with van der Waals surface area (Å²) in [5, 5.41) is 3.20. The number of piperidine rings is 1. The highest BCUT2D eigenvalue weighted by Crippen LogP contribution is 2.33. The number of hydrogen-bond acceptors (Lipinski definition) is 2. The fourth-order valence-corrected chi connectivity index (χ4v) is 2.54. The lowest BCUT2D eigenvalue weighted by molar-refractivity contribution is -0.138. The number of alkyl halides is 3. The van der Waals surface area contributed by atoms with Crippen LogP contribution in [-0.2, 0) is 6.18 Å². The Hall–Kier alpha value is -1.56. The molecule has 1 aliphatic rings. The number of benzene rings is 1. The normalized spacial score (nSPS) is 18.6. The minimum Gasteiger partial charge on any atom is -0.338 e. The van der Waals surface area contributed by atoms with Gasteiger partial charge in [-0.1, -0.05) is 12.1 Å². The minimum atomic E-state index is -4.51. The summed E-state index contributed by atoms with van der Waals surface area (Å²) < 4.78 is 38.9. The van der Waals surface area contributed by atoms with Gasteiger partial charge in [0.25, 0.3) is 5.91 Å². The van der Waals surface area contributed by atoms with Gasteiger partial charge in [-0.15, -0.1) is 0 Å². The Morgan fingerprint density at radius 3 is 2.33 bits per heavy atom. The van der Waals surface area contributed by atoms with Crippen LogP contribution in [0.15, 0.2) is 24.3 Å². The summed E-state index contributed by atoms with van der Waals surface area (Å²) in [5.41, 5.74) is -1.18. The third-order valence-electron chi connectivity index (χ3n) is 4.22. The smallest absolute Gasteiger partial charge is 0.338 e. The third kappa shape index (κ3) is 3.37. The molecule has 1 N–H and O–H groups in total. The van der Waals surface area contributed by atoms with Crippen LogP contribution in [0.1, 0.15) is 35.7 Å². The molecule has 1 saturated heterocycles. The van der Waals surface area contributed by atoms with E-state index in [1.807, 2.05) is 7.05 Å². The summed E-state index contributed by atoms with van der Waals surface area (Å²) in [7, 11) is 1.86. The first kappa shape index (κ1) is 15.8. The van der Waals surface area contributed by atoms with E-state index in [2.05, 4.69) is 12.2 Å². The minimum absolute atomic E-state index is 0.0552. The van der Waals surface area contributed by atoms with Gasteiger partial charge in [-0.3, -0.25) is 4.79 Å².